The van der Waals surface area contributed by atoms with Crippen molar-refractivity contribution in [2.24, 2.45) is 23.7 Å². The number of imide groups is 1. The predicted molar refractivity (Wildman–Crippen MR) is 83.0 cm³/mol. The lowest BCUT2D eigenvalue weighted by molar-refractivity contribution is -0.132. The number of anilines is 1. The van der Waals surface area contributed by atoms with Crippen molar-refractivity contribution >= 4 is 35.1 Å². The van der Waals surface area contributed by atoms with Crippen molar-refractivity contribution in [1.82, 2.24) is 0 Å². The molecule has 0 radical (unpaired) electrons. The molecular weight excluding hydrogens is 318 g/mol. The number of ether oxygens (including phenoxy) is 1. The van der Waals surface area contributed by atoms with Crippen LogP contribution in [0.3, 0.4) is 0 Å². The van der Waals surface area contributed by atoms with Crippen LogP contribution in [0.2, 0.25) is 5.02 Å². The van der Waals surface area contributed by atoms with Gasteiger partial charge in [-0.2, -0.15) is 0 Å². The van der Waals surface area contributed by atoms with Gasteiger partial charge in [0.1, 0.15) is 0 Å². The molecule has 23 heavy (non-hydrogen) atoms. The fraction of sp³-hybridized carbons (Fsp3) is 0.353. The Morgan fingerprint density at radius 1 is 1.17 bits per heavy atom. The van der Waals surface area contributed by atoms with E-state index in [4.69, 9.17) is 16.3 Å². The predicted octanol–water partition coefficient (Wildman–Crippen LogP) is 2.58. The topological polar surface area (TPSA) is 63.7 Å². The number of carbonyl (C=O) groups excluding carboxylic acids is 3. The lowest BCUT2D eigenvalue weighted by Gasteiger charge is -2.20. The van der Waals surface area contributed by atoms with E-state index < -0.39 is 5.97 Å². The van der Waals surface area contributed by atoms with Crippen LogP contribution in [0.5, 0.6) is 5.75 Å². The molecule has 118 valence electrons. The molecular formula is C17H14ClNO4. The van der Waals surface area contributed by atoms with Crippen LogP contribution in [-0.2, 0) is 14.4 Å². The molecule has 2 bridgehead atoms. The summed E-state index contributed by atoms with van der Waals surface area (Å²) < 4.78 is 5.14. The third-order valence-electron chi connectivity index (χ3n) is 4.89. The number of allylic oxidation sites excluding steroid dienone is 2. The van der Waals surface area contributed by atoms with Gasteiger partial charge in [0.15, 0.2) is 5.75 Å². The van der Waals surface area contributed by atoms with Gasteiger partial charge in [-0.05, 0) is 36.5 Å². The minimum atomic E-state index is -0.519. The van der Waals surface area contributed by atoms with Crippen LogP contribution in [-0.4, -0.2) is 17.8 Å². The van der Waals surface area contributed by atoms with E-state index in [9.17, 15) is 14.4 Å². The molecule has 1 saturated heterocycles. The Balaban J connectivity index is 1.77. The van der Waals surface area contributed by atoms with Crippen molar-refractivity contribution in [2.75, 3.05) is 4.90 Å². The quantitative estimate of drug-likeness (QED) is 0.361. The summed E-state index contributed by atoms with van der Waals surface area (Å²) >= 11 is 6.02. The van der Waals surface area contributed by atoms with E-state index in [1.807, 2.05) is 12.2 Å². The van der Waals surface area contributed by atoms with Gasteiger partial charge in [-0.25, -0.2) is 4.90 Å². The fourth-order valence-electron chi connectivity index (χ4n) is 4.05. The standard InChI is InChI=1S/C17H14ClNO4/c1-8(20)23-13-5-4-11(18)7-12(13)19-16(21)14-9-2-3-10(6-9)15(14)17(19)22/h2-5,7,9-10,14-15H,6H2,1H3/t9-,10-,14+,15+/m0/s1. The number of carbonyl (C=O) groups is 3. The van der Waals surface area contributed by atoms with Crippen molar-refractivity contribution in [1.29, 1.82) is 0 Å². The van der Waals surface area contributed by atoms with Gasteiger partial charge < -0.3 is 4.74 Å². The second-order valence-electron chi connectivity index (χ2n) is 6.22. The number of amides is 2. The highest BCUT2D eigenvalue weighted by molar-refractivity contribution is 6.31. The number of esters is 1. The highest BCUT2D eigenvalue weighted by atomic mass is 35.5. The molecule has 2 aliphatic carbocycles. The van der Waals surface area contributed by atoms with Gasteiger partial charge in [0.25, 0.3) is 0 Å². The van der Waals surface area contributed by atoms with Crippen LogP contribution in [0.4, 0.5) is 5.69 Å². The van der Waals surface area contributed by atoms with E-state index in [1.54, 1.807) is 6.07 Å². The van der Waals surface area contributed by atoms with Crippen LogP contribution < -0.4 is 9.64 Å². The Bertz CT molecular complexity index is 742. The van der Waals surface area contributed by atoms with Gasteiger partial charge >= 0.3 is 5.97 Å². The second-order valence-corrected chi connectivity index (χ2v) is 6.65. The number of fused-ring (bicyclic) bond motifs is 5. The van der Waals surface area contributed by atoms with Gasteiger partial charge in [-0.3, -0.25) is 14.4 Å². The smallest absolute Gasteiger partial charge is 0.308 e. The van der Waals surface area contributed by atoms with Gasteiger partial charge in [0.05, 0.1) is 17.5 Å². The van der Waals surface area contributed by atoms with Gasteiger partial charge in [-0.15, -0.1) is 0 Å². The zero-order valence-corrected chi connectivity index (χ0v) is 13.1. The first-order chi connectivity index (χ1) is 11.0. The van der Waals surface area contributed by atoms with Crippen molar-refractivity contribution in [3.8, 4) is 5.75 Å². The molecule has 1 saturated carbocycles. The number of nitrogens with zero attached hydrogens (tertiary/aromatic N) is 1. The van der Waals surface area contributed by atoms with Crippen LogP contribution in [0.1, 0.15) is 13.3 Å². The first-order valence-electron chi connectivity index (χ1n) is 7.51. The number of benzene rings is 1. The summed E-state index contributed by atoms with van der Waals surface area (Å²) in [6, 6.07) is 4.55. The Morgan fingerprint density at radius 3 is 2.35 bits per heavy atom. The molecule has 2 fully saturated rings. The van der Waals surface area contributed by atoms with Gasteiger partial charge in [0, 0.05) is 11.9 Å². The monoisotopic (exact) mass is 331 g/mol. The largest absolute Gasteiger partial charge is 0.424 e. The average molecular weight is 332 g/mol. The zero-order valence-electron chi connectivity index (χ0n) is 12.4. The van der Waals surface area contributed by atoms with Crippen LogP contribution in [0.25, 0.3) is 0 Å². The third kappa shape index (κ3) is 2.03. The van der Waals surface area contributed by atoms with Gasteiger partial charge in [-0.1, -0.05) is 23.8 Å². The Morgan fingerprint density at radius 2 is 1.78 bits per heavy atom. The first-order valence-corrected chi connectivity index (χ1v) is 7.89. The van der Waals surface area contributed by atoms with E-state index in [-0.39, 0.29) is 46.9 Å². The highest BCUT2D eigenvalue weighted by Gasteiger charge is 2.59. The number of rotatable bonds is 2. The summed E-state index contributed by atoms with van der Waals surface area (Å²) in [5.74, 6) is -1.16. The molecule has 1 aromatic rings. The van der Waals surface area contributed by atoms with E-state index in [0.29, 0.717) is 5.02 Å². The molecule has 0 spiro atoms. The molecule has 5 nitrogen and oxygen atoms in total. The SMILES string of the molecule is CC(=O)Oc1ccc(Cl)cc1N1C(=O)[C@H]2[C@H](C1=O)[C@H]1C=C[C@H]2C1. The minimum Gasteiger partial charge on any atom is -0.424 e. The summed E-state index contributed by atoms with van der Waals surface area (Å²) in [6.07, 6.45) is 4.93. The molecule has 6 heteroatoms. The zero-order chi connectivity index (χ0) is 16.3. The molecule has 4 atom stereocenters. The van der Waals surface area contributed by atoms with Crippen LogP contribution >= 0.6 is 11.6 Å². The normalized spacial score (nSPS) is 31.0. The summed E-state index contributed by atoms with van der Waals surface area (Å²) in [7, 11) is 0. The van der Waals surface area contributed by atoms with Gasteiger partial charge in [0.2, 0.25) is 11.8 Å². The Labute approximate surface area is 137 Å². The average Bonchev–Trinajstić information content (AvgIpc) is 3.15. The number of hydrogen-bond acceptors (Lipinski definition) is 4. The van der Waals surface area contributed by atoms with Crippen molar-refractivity contribution < 1.29 is 19.1 Å². The molecule has 0 N–H and O–H groups in total. The molecule has 4 rings (SSSR count). The molecule has 1 aromatic carbocycles. The van der Waals surface area contributed by atoms with E-state index in [2.05, 4.69) is 0 Å². The highest BCUT2D eigenvalue weighted by Crippen LogP contribution is 2.54. The minimum absolute atomic E-state index is 0.128. The summed E-state index contributed by atoms with van der Waals surface area (Å²) in [6.45, 7) is 1.27. The lowest BCUT2D eigenvalue weighted by atomic mass is 9.85. The van der Waals surface area contributed by atoms with E-state index in [1.165, 1.54) is 19.1 Å². The number of halogens is 1. The maximum Gasteiger partial charge on any atom is 0.308 e. The Kier molecular flexibility index (Phi) is 3.10. The second kappa shape index (κ2) is 4.93. The maximum absolute atomic E-state index is 12.8. The molecule has 0 unspecified atom stereocenters. The van der Waals surface area contributed by atoms with E-state index in [0.717, 1.165) is 11.3 Å². The van der Waals surface area contributed by atoms with Crippen LogP contribution in [0.15, 0.2) is 30.4 Å². The first kappa shape index (κ1) is 14.5. The summed E-state index contributed by atoms with van der Waals surface area (Å²) in [4.78, 5) is 38.1. The summed E-state index contributed by atoms with van der Waals surface area (Å²) in [5.41, 5.74) is 0.247. The molecule has 3 aliphatic rings. The third-order valence-corrected chi connectivity index (χ3v) is 5.12. The number of hydrogen-bond donors (Lipinski definition) is 0. The molecule has 0 aromatic heterocycles. The van der Waals surface area contributed by atoms with E-state index >= 15 is 0 Å². The summed E-state index contributed by atoms with van der Waals surface area (Å²) in [5, 5.41) is 0.370. The lowest BCUT2D eigenvalue weighted by Crippen LogP contribution is -2.33. The van der Waals surface area contributed by atoms with Crippen molar-refractivity contribution in [2.45, 2.75) is 13.3 Å². The Hall–Kier alpha value is -2.14. The van der Waals surface area contributed by atoms with Crippen molar-refractivity contribution in [3.05, 3.63) is 35.4 Å². The fourth-order valence-corrected chi connectivity index (χ4v) is 4.21. The maximum atomic E-state index is 12.8. The van der Waals surface area contributed by atoms with Crippen LogP contribution in [0, 0.1) is 23.7 Å². The molecule has 1 heterocycles. The molecule has 1 aliphatic heterocycles. The van der Waals surface area contributed by atoms with Crippen molar-refractivity contribution in [3.63, 3.8) is 0 Å². The molecule has 2 amide bonds.